The molecule has 0 saturated carbocycles. The molecule has 1 aromatic heterocycles. The number of hydrogen-bond donors (Lipinski definition) is 2. The van der Waals surface area contributed by atoms with Crippen molar-refractivity contribution in [2.24, 2.45) is 0 Å². The van der Waals surface area contributed by atoms with Gasteiger partial charge >= 0.3 is 0 Å². The van der Waals surface area contributed by atoms with Crippen molar-refractivity contribution in [2.75, 3.05) is 50.0 Å². The van der Waals surface area contributed by atoms with Crippen molar-refractivity contribution >= 4 is 39.7 Å². The lowest BCUT2D eigenvalue weighted by Gasteiger charge is -2.27. The zero-order valence-electron chi connectivity index (χ0n) is 17.1. The van der Waals surface area contributed by atoms with Crippen LogP contribution in [0.3, 0.4) is 0 Å². The second kappa shape index (κ2) is 10.2. The van der Waals surface area contributed by atoms with E-state index in [4.69, 9.17) is 21.1 Å². The Morgan fingerprint density at radius 1 is 1.25 bits per heavy atom. The van der Waals surface area contributed by atoms with Gasteiger partial charge in [-0.1, -0.05) is 11.6 Å². The highest BCUT2D eigenvalue weighted by Gasteiger charge is 2.14. The molecule has 170 valence electrons. The summed E-state index contributed by atoms with van der Waals surface area (Å²) in [7, 11) is 0. The Morgan fingerprint density at radius 3 is 2.81 bits per heavy atom. The first-order chi connectivity index (χ1) is 15.5. The third-order valence-corrected chi connectivity index (χ3v) is 5.37. The predicted octanol–water partition coefficient (Wildman–Crippen LogP) is 3.96. The predicted molar refractivity (Wildman–Crippen MR) is 119 cm³/mol. The fraction of sp³-hybridized carbons (Fsp3) is 0.333. The Morgan fingerprint density at radius 2 is 2.06 bits per heavy atom. The molecule has 0 aliphatic carbocycles. The molecule has 0 radical (unpaired) electrons. The lowest BCUT2D eigenvalue weighted by atomic mass is 10.2. The van der Waals surface area contributed by atoms with Crippen LogP contribution in [-0.4, -0.2) is 59.5 Å². The van der Waals surface area contributed by atoms with Gasteiger partial charge in [0, 0.05) is 36.8 Å². The van der Waals surface area contributed by atoms with Crippen LogP contribution in [0, 0.1) is 11.0 Å². The molecule has 0 atom stereocenters. The highest BCUT2D eigenvalue weighted by Crippen LogP contribution is 2.35. The summed E-state index contributed by atoms with van der Waals surface area (Å²) in [5.74, 6) is 0.0378. The molecule has 1 aliphatic heterocycles. The molecule has 1 saturated heterocycles. The number of benzene rings is 2. The molecule has 1 fully saturated rings. The van der Waals surface area contributed by atoms with E-state index in [0.29, 0.717) is 29.0 Å². The van der Waals surface area contributed by atoms with Crippen LogP contribution in [0.4, 0.5) is 21.6 Å². The maximum Gasteiger partial charge on any atom is 0.146 e. The quantitative estimate of drug-likeness (QED) is 0.380. The number of hydrogen-bond acceptors (Lipinski definition) is 9. The molecule has 4 rings (SSSR count). The molecule has 2 aromatic carbocycles. The third kappa shape index (κ3) is 5.34. The molecule has 1 aliphatic rings. The molecule has 2 N–H and O–H groups in total. The van der Waals surface area contributed by atoms with Gasteiger partial charge in [0.25, 0.3) is 0 Å². The Labute approximate surface area is 188 Å². The minimum absolute atomic E-state index is 0.0390. The number of fused-ring (bicyclic) bond motifs is 1. The van der Waals surface area contributed by atoms with E-state index >= 15 is 0 Å². The Hall–Kier alpha value is -2.76. The smallest absolute Gasteiger partial charge is 0.146 e. The largest absolute Gasteiger partial charge is 0.733 e. The van der Waals surface area contributed by atoms with Gasteiger partial charge < -0.3 is 25.2 Å². The second-order valence-corrected chi connectivity index (χ2v) is 7.65. The van der Waals surface area contributed by atoms with Crippen LogP contribution < -0.4 is 15.3 Å². The number of nitrogens with one attached hydrogen (secondary N) is 1. The fourth-order valence-electron chi connectivity index (χ4n) is 3.44. The van der Waals surface area contributed by atoms with Crippen LogP contribution >= 0.6 is 11.6 Å². The summed E-state index contributed by atoms with van der Waals surface area (Å²) in [6, 6.07) is 7.17. The van der Waals surface area contributed by atoms with Crippen LogP contribution in [0.1, 0.15) is 6.42 Å². The van der Waals surface area contributed by atoms with Crippen LogP contribution in [0.2, 0.25) is 5.02 Å². The van der Waals surface area contributed by atoms with Crippen molar-refractivity contribution in [3.63, 3.8) is 0 Å². The first-order valence-electron chi connectivity index (χ1n) is 10.1. The molecule has 0 amide bonds. The molecule has 0 bridgehead atoms. The van der Waals surface area contributed by atoms with Crippen LogP contribution in [-0.2, 0) is 4.74 Å². The van der Waals surface area contributed by atoms with E-state index in [2.05, 4.69) is 20.2 Å². The standard InChI is InChI=1S/C21H22ClFN5O4/c22-16-10-14(2-3-17(16)23)26-21-15-11-19(28(29)30)20(12-18(15)24-13-25-21)32-7-1-4-27-5-8-31-9-6-27/h2-3,10-13,29H,1,4-9H2,(H,24,25,26)/q-1. The highest BCUT2D eigenvalue weighted by molar-refractivity contribution is 6.31. The first kappa shape index (κ1) is 22.4. The zero-order valence-corrected chi connectivity index (χ0v) is 17.9. The molecule has 32 heavy (non-hydrogen) atoms. The van der Waals surface area contributed by atoms with Crippen LogP contribution in [0.5, 0.6) is 5.75 Å². The number of rotatable bonds is 8. The van der Waals surface area contributed by atoms with Crippen molar-refractivity contribution in [3.05, 3.63) is 52.7 Å². The van der Waals surface area contributed by atoms with E-state index in [1.54, 1.807) is 6.07 Å². The minimum Gasteiger partial charge on any atom is -0.733 e. The number of aromatic nitrogens is 2. The van der Waals surface area contributed by atoms with Gasteiger partial charge in [-0.3, -0.25) is 10.1 Å². The molecule has 2 heterocycles. The number of morpholine rings is 1. The van der Waals surface area contributed by atoms with Gasteiger partial charge in [-0.25, -0.2) is 14.4 Å². The molecule has 11 heteroatoms. The summed E-state index contributed by atoms with van der Waals surface area (Å²) in [4.78, 5) is 10.7. The molecule has 3 aromatic rings. The van der Waals surface area contributed by atoms with E-state index in [1.807, 2.05) is 0 Å². The van der Waals surface area contributed by atoms with Gasteiger partial charge in [-0.2, -0.15) is 0 Å². The highest BCUT2D eigenvalue weighted by atomic mass is 35.5. The van der Waals surface area contributed by atoms with Gasteiger partial charge in [0.15, 0.2) is 0 Å². The van der Waals surface area contributed by atoms with Crippen molar-refractivity contribution < 1.29 is 19.1 Å². The van der Waals surface area contributed by atoms with E-state index < -0.39 is 5.82 Å². The molecule has 0 spiro atoms. The maximum absolute atomic E-state index is 13.4. The fourth-order valence-corrected chi connectivity index (χ4v) is 3.62. The molecular formula is C21H22ClFN5O4-. The van der Waals surface area contributed by atoms with E-state index in [-0.39, 0.29) is 21.7 Å². The summed E-state index contributed by atoms with van der Waals surface area (Å²) < 4.78 is 24.6. The molecule has 0 unspecified atom stereocenters. The average molecular weight is 463 g/mol. The SMILES string of the molecule is [O-]N(O)c1cc2c(Nc3ccc(F)c(Cl)c3)ncnc2cc1OCCCN1CCOCC1. The minimum atomic E-state index is -0.537. The van der Waals surface area contributed by atoms with Crippen molar-refractivity contribution in [1.82, 2.24) is 14.9 Å². The summed E-state index contributed by atoms with van der Waals surface area (Å²) in [5.41, 5.74) is 0.938. The summed E-state index contributed by atoms with van der Waals surface area (Å²) in [6.07, 6.45) is 2.11. The molecule has 9 nitrogen and oxygen atoms in total. The van der Waals surface area contributed by atoms with Gasteiger partial charge in [-0.15, -0.1) is 0 Å². The summed E-state index contributed by atoms with van der Waals surface area (Å²) >= 11 is 5.84. The Balaban J connectivity index is 1.52. The van der Waals surface area contributed by atoms with E-state index in [9.17, 15) is 14.8 Å². The van der Waals surface area contributed by atoms with E-state index in [1.165, 1.54) is 30.6 Å². The van der Waals surface area contributed by atoms with Gasteiger partial charge in [-0.05, 0) is 30.7 Å². The lowest BCUT2D eigenvalue weighted by Crippen LogP contribution is -2.37. The number of anilines is 3. The van der Waals surface area contributed by atoms with Crippen molar-refractivity contribution in [1.29, 1.82) is 0 Å². The maximum atomic E-state index is 13.4. The van der Waals surface area contributed by atoms with Gasteiger partial charge in [0.2, 0.25) is 0 Å². The monoisotopic (exact) mass is 462 g/mol. The third-order valence-electron chi connectivity index (χ3n) is 5.08. The number of ether oxygens (including phenoxy) is 2. The molecular weight excluding hydrogens is 441 g/mol. The average Bonchev–Trinajstić information content (AvgIpc) is 2.79. The van der Waals surface area contributed by atoms with Crippen molar-refractivity contribution in [3.8, 4) is 5.75 Å². The second-order valence-electron chi connectivity index (χ2n) is 7.24. The normalized spacial score (nSPS) is 14.5. The first-order valence-corrected chi connectivity index (χ1v) is 10.5. The van der Waals surface area contributed by atoms with E-state index in [0.717, 1.165) is 39.3 Å². The van der Waals surface area contributed by atoms with Gasteiger partial charge in [0.05, 0.1) is 36.0 Å². The topological polar surface area (TPSA) is 106 Å². The summed E-state index contributed by atoms with van der Waals surface area (Å²) in [5, 5.41) is 24.6. The number of halogens is 2. The summed E-state index contributed by atoms with van der Waals surface area (Å²) in [6.45, 7) is 4.45. The zero-order chi connectivity index (χ0) is 22.5. The van der Waals surface area contributed by atoms with Crippen molar-refractivity contribution in [2.45, 2.75) is 6.42 Å². The van der Waals surface area contributed by atoms with Gasteiger partial charge in [0.1, 0.15) is 23.7 Å². The van der Waals surface area contributed by atoms with Crippen LogP contribution in [0.15, 0.2) is 36.7 Å². The number of nitrogens with zero attached hydrogens (tertiary/aromatic N) is 4. The van der Waals surface area contributed by atoms with Crippen LogP contribution in [0.25, 0.3) is 10.9 Å². The Bertz CT molecular complexity index is 1080. The Kier molecular flexibility index (Phi) is 7.18. The lowest BCUT2D eigenvalue weighted by molar-refractivity contribution is 0.0358.